The lowest BCUT2D eigenvalue weighted by Gasteiger charge is -2.25. The second-order valence-electron chi connectivity index (χ2n) is 7.90. The van der Waals surface area contributed by atoms with Crippen molar-refractivity contribution in [2.75, 3.05) is 6.54 Å². The zero-order valence-corrected chi connectivity index (χ0v) is 16.5. The molecule has 1 amide bonds. The number of rotatable bonds is 9. The average Bonchev–Trinajstić information content (AvgIpc) is 3.09. The number of benzene rings is 1. The van der Waals surface area contributed by atoms with Crippen molar-refractivity contribution in [2.24, 2.45) is 5.92 Å². The SMILES string of the molecule is CCCCc1ccc([C@H](NCC(=O)NC2(C#N)CCCC2)C(C)C)cc1. The number of nitrogens with zero attached hydrogens (tertiary/aromatic N) is 1. The van der Waals surface area contributed by atoms with Gasteiger partial charge >= 0.3 is 0 Å². The first-order valence-corrected chi connectivity index (χ1v) is 10.0. The van der Waals surface area contributed by atoms with E-state index in [0.29, 0.717) is 5.92 Å². The summed E-state index contributed by atoms with van der Waals surface area (Å²) in [5.74, 6) is 0.291. The van der Waals surface area contributed by atoms with Crippen molar-refractivity contribution in [1.29, 1.82) is 5.26 Å². The maximum atomic E-state index is 12.4. The van der Waals surface area contributed by atoms with Gasteiger partial charge in [0.25, 0.3) is 0 Å². The lowest BCUT2D eigenvalue weighted by Crippen LogP contribution is -2.48. The summed E-state index contributed by atoms with van der Waals surface area (Å²) in [5, 5.41) is 15.8. The molecule has 142 valence electrons. The fourth-order valence-corrected chi connectivity index (χ4v) is 3.77. The largest absolute Gasteiger partial charge is 0.337 e. The number of unbranched alkanes of at least 4 members (excludes halogenated alkanes) is 1. The van der Waals surface area contributed by atoms with Crippen LogP contribution in [-0.2, 0) is 11.2 Å². The lowest BCUT2D eigenvalue weighted by atomic mass is 9.94. The van der Waals surface area contributed by atoms with E-state index in [4.69, 9.17) is 0 Å². The van der Waals surface area contributed by atoms with Gasteiger partial charge in [0, 0.05) is 6.04 Å². The number of carbonyl (C=O) groups is 1. The van der Waals surface area contributed by atoms with E-state index in [9.17, 15) is 10.1 Å². The molecule has 1 atom stereocenters. The summed E-state index contributed by atoms with van der Waals surface area (Å²) in [5.41, 5.74) is 1.93. The van der Waals surface area contributed by atoms with Crippen LogP contribution in [0, 0.1) is 17.2 Å². The number of carbonyl (C=O) groups excluding carboxylic acids is 1. The highest BCUT2D eigenvalue weighted by Crippen LogP contribution is 2.29. The Balaban J connectivity index is 1.93. The summed E-state index contributed by atoms with van der Waals surface area (Å²) >= 11 is 0. The second-order valence-corrected chi connectivity index (χ2v) is 7.90. The zero-order valence-electron chi connectivity index (χ0n) is 16.5. The number of nitrogens with one attached hydrogen (secondary N) is 2. The smallest absolute Gasteiger partial charge is 0.235 e. The van der Waals surface area contributed by atoms with Crippen LogP contribution in [0.1, 0.15) is 76.5 Å². The first-order chi connectivity index (χ1) is 12.5. The minimum absolute atomic E-state index is 0.0846. The summed E-state index contributed by atoms with van der Waals surface area (Å²) in [7, 11) is 0. The van der Waals surface area contributed by atoms with E-state index in [1.54, 1.807) is 0 Å². The molecule has 0 heterocycles. The summed E-state index contributed by atoms with van der Waals surface area (Å²) < 4.78 is 0. The first kappa shape index (κ1) is 20.5. The van der Waals surface area contributed by atoms with Crippen molar-refractivity contribution in [1.82, 2.24) is 10.6 Å². The first-order valence-electron chi connectivity index (χ1n) is 10.0. The zero-order chi connectivity index (χ0) is 19.0. The van der Waals surface area contributed by atoms with E-state index in [1.807, 2.05) is 0 Å². The third kappa shape index (κ3) is 5.57. The number of hydrogen-bond donors (Lipinski definition) is 2. The third-order valence-electron chi connectivity index (χ3n) is 5.36. The molecule has 0 saturated heterocycles. The minimum atomic E-state index is -0.646. The Labute approximate surface area is 158 Å². The molecule has 0 spiro atoms. The lowest BCUT2D eigenvalue weighted by molar-refractivity contribution is -0.121. The van der Waals surface area contributed by atoms with Gasteiger partial charge in [-0.25, -0.2) is 0 Å². The molecule has 1 fully saturated rings. The van der Waals surface area contributed by atoms with Gasteiger partial charge in [0.05, 0.1) is 12.6 Å². The number of nitriles is 1. The molecule has 0 bridgehead atoms. The summed E-state index contributed by atoms with van der Waals surface area (Å²) in [6.07, 6.45) is 7.10. The van der Waals surface area contributed by atoms with E-state index < -0.39 is 5.54 Å². The Morgan fingerprint density at radius 2 is 1.88 bits per heavy atom. The monoisotopic (exact) mass is 355 g/mol. The highest BCUT2D eigenvalue weighted by atomic mass is 16.2. The summed E-state index contributed by atoms with van der Waals surface area (Å²) in [6.45, 7) is 6.77. The van der Waals surface area contributed by atoms with Crippen LogP contribution >= 0.6 is 0 Å². The molecule has 2 N–H and O–H groups in total. The van der Waals surface area contributed by atoms with Crippen LogP contribution < -0.4 is 10.6 Å². The van der Waals surface area contributed by atoms with Crippen molar-refractivity contribution >= 4 is 5.91 Å². The molecule has 0 aliphatic heterocycles. The van der Waals surface area contributed by atoms with Crippen molar-refractivity contribution in [3.8, 4) is 6.07 Å². The molecule has 2 rings (SSSR count). The summed E-state index contributed by atoms with van der Waals surface area (Å²) in [6, 6.07) is 11.2. The van der Waals surface area contributed by atoms with E-state index >= 15 is 0 Å². The Kier molecular flexibility index (Phi) is 7.66. The molecular formula is C22H33N3O. The molecular weight excluding hydrogens is 322 g/mol. The average molecular weight is 356 g/mol. The molecule has 0 unspecified atom stereocenters. The second kappa shape index (κ2) is 9.73. The van der Waals surface area contributed by atoms with Crippen LogP contribution in [0.5, 0.6) is 0 Å². The molecule has 0 radical (unpaired) electrons. The Morgan fingerprint density at radius 1 is 1.23 bits per heavy atom. The number of hydrogen-bond acceptors (Lipinski definition) is 3. The van der Waals surface area contributed by atoms with Crippen LogP contribution in [0.3, 0.4) is 0 Å². The van der Waals surface area contributed by atoms with Crippen LogP contribution in [-0.4, -0.2) is 18.0 Å². The standard InChI is InChI=1S/C22H33N3O/c1-4-5-8-18-9-11-19(12-10-18)21(17(2)3)24-15-20(26)25-22(16-23)13-6-7-14-22/h9-12,17,21,24H,4-8,13-15H2,1-3H3,(H,25,26)/t21-/m1/s1. The molecule has 26 heavy (non-hydrogen) atoms. The van der Waals surface area contributed by atoms with Crippen molar-refractivity contribution in [3.63, 3.8) is 0 Å². The topological polar surface area (TPSA) is 64.9 Å². The van der Waals surface area contributed by atoms with Gasteiger partial charge in [0.15, 0.2) is 0 Å². The normalized spacial score (nSPS) is 17.0. The Morgan fingerprint density at radius 3 is 2.42 bits per heavy atom. The maximum Gasteiger partial charge on any atom is 0.235 e. The van der Waals surface area contributed by atoms with Gasteiger partial charge in [0.2, 0.25) is 5.91 Å². The van der Waals surface area contributed by atoms with Gasteiger partial charge in [-0.05, 0) is 55.6 Å². The number of amides is 1. The molecule has 1 aliphatic carbocycles. The Bertz CT molecular complexity index is 609. The van der Waals surface area contributed by atoms with Gasteiger partial charge < -0.3 is 10.6 Å². The predicted octanol–water partition coefficient (Wildman–Crippen LogP) is 4.27. The highest BCUT2D eigenvalue weighted by molar-refractivity contribution is 5.79. The van der Waals surface area contributed by atoms with Crippen molar-refractivity contribution in [2.45, 2.75) is 77.3 Å². The number of aryl methyl sites for hydroxylation is 1. The van der Waals surface area contributed by atoms with Gasteiger partial charge in [-0.1, -0.05) is 51.5 Å². The Hall–Kier alpha value is -1.86. The van der Waals surface area contributed by atoms with Gasteiger partial charge in [-0.15, -0.1) is 0 Å². The quantitative estimate of drug-likeness (QED) is 0.695. The van der Waals surface area contributed by atoms with Crippen molar-refractivity contribution in [3.05, 3.63) is 35.4 Å². The highest BCUT2D eigenvalue weighted by Gasteiger charge is 2.35. The van der Waals surface area contributed by atoms with Crippen molar-refractivity contribution < 1.29 is 4.79 Å². The molecule has 1 aliphatic rings. The van der Waals surface area contributed by atoms with E-state index in [1.165, 1.54) is 24.0 Å². The molecule has 1 saturated carbocycles. The fourth-order valence-electron chi connectivity index (χ4n) is 3.77. The van der Waals surface area contributed by atoms with E-state index in [0.717, 1.165) is 32.1 Å². The van der Waals surface area contributed by atoms with E-state index in [-0.39, 0.29) is 18.5 Å². The van der Waals surface area contributed by atoms with Crippen LogP contribution in [0.15, 0.2) is 24.3 Å². The molecule has 0 aromatic heterocycles. The third-order valence-corrected chi connectivity index (χ3v) is 5.36. The van der Waals surface area contributed by atoms with Crippen LogP contribution in [0.2, 0.25) is 0 Å². The molecule has 1 aromatic rings. The fraction of sp³-hybridized carbons (Fsp3) is 0.636. The minimum Gasteiger partial charge on any atom is -0.337 e. The van der Waals surface area contributed by atoms with Gasteiger partial charge in [0.1, 0.15) is 5.54 Å². The molecule has 4 nitrogen and oxygen atoms in total. The molecule has 1 aromatic carbocycles. The van der Waals surface area contributed by atoms with Crippen LogP contribution in [0.25, 0.3) is 0 Å². The van der Waals surface area contributed by atoms with E-state index in [2.05, 4.69) is 61.7 Å². The summed E-state index contributed by atoms with van der Waals surface area (Å²) in [4.78, 5) is 12.4. The van der Waals surface area contributed by atoms with Gasteiger partial charge in [-0.3, -0.25) is 4.79 Å². The van der Waals surface area contributed by atoms with Crippen LogP contribution in [0.4, 0.5) is 0 Å². The predicted molar refractivity (Wildman–Crippen MR) is 106 cm³/mol. The van der Waals surface area contributed by atoms with Gasteiger partial charge in [-0.2, -0.15) is 5.26 Å². The maximum absolute atomic E-state index is 12.4. The molecule has 4 heteroatoms.